The van der Waals surface area contributed by atoms with Gasteiger partial charge in [0, 0.05) is 0 Å². The summed E-state index contributed by atoms with van der Waals surface area (Å²) in [6.45, 7) is 0. The third kappa shape index (κ3) is 3.37. The molecule has 1 aromatic rings. The third-order valence-corrected chi connectivity index (χ3v) is 2.84. The van der Waals surface area contributed by atoms with Crippen molar-refractivity contribution in [2.24, 2.45) is 0 Å². The number of alkyl halides is 3. The maximum Gasteiger partial charge on any atom is 0.574 e. The van der Waals surface area contributed by atoms with E-state index < -0.39 is 23.8 Å². The van der Waals surface area contributed by atoms with Gasteiger partial charge in [-0.2, -0.15) is 0 Å². The van der Waals surface area contributed by atoms with Gasteiger partial charge in [-0.15, -0.1) is 13.2 Å². The van der Waals surface area contributed by atoms with Gasteiger partial charge in [0.05, 0.1) is 24.0 Å². The van der Waals surface area contributed by atoms with Crippen molar-refractivity contribution in [2.75, 3.05) is 14.2 Å². The number of ether oxygens (including phenoxy) is 3. The highest BCUT2D eigenvalue weighted by Crippen LogP contribution is 2.32. The van der Waals surface area contributed by atoms with Gasteiger partial charge in [0.1, 0.15) is 5.56 Å². The molecule has 100 valence electrons. The number of methoxy groups -OCH3 is 2. The summed E-state index contributed by atoms with van der Waals surface area (Å²) in [6, 6.07) is 0. The molecule has 0 aliphatic carbocycles. The largest absolute Gasteiger partial charge is 0.574 e. The lowest BCUT2D eigenvalue weighted by Crippen LogP contribution is -2.21. The van der Waals surface area contributed by atoms with E-state index in [0.29, 0.717) is 0 Å². The third-order valence-electron chi connectivity index (χ3n) is 1.77. The summed E-state index contributed by atoms with van der Waals surface area (Å²) < 4.78 is 49.5. The molecule has 1 aromatic heterocycles. The fourth-order valence-corrected chi connectivity index (χ4v) is 1.87. The first kappa shape index (κ1) is 14.8. The van der Waals surface area contributed by atoms with Gasteiger partial charge in [-0.25, -0.2) is 9.78 Å². The summed E-state index contributed by atoms with van der Waals surface area (Å²) >= 11 is 1.64. The molecule has 0 saturated carbocycles. The molecule has 18 heavy (non-hydrogen) atoms. The lowest BCUT2D eigenvalue weighted by Gasteiger charge is -2.13. The molecule has 0 N–H and O–H groups in total. The second kappa shape index (κ2) is 5.59. The van der Waals surface area contributed by atoms with Crippen LogP contribution in [0.3, 0.4) is 0 Å². The fourth-order valence-electron chi connectivity index (χ4n) is 1.06. The van der Waals surface area contributed by atoms with Gasteiger partial charge >= 0.3 is 12.3 Å². The zero-order chi connectivity index (χ0) is 13.9. The number of pyridine rings is 1. The van der Waals surface area contributed by atoms with Crippen molar-refractivity contribution in [3.8, 4) is 11.6 Å². The molecule has 0 aliphatic heterocycles. The first-order valence-corrected chi connectivity index (χ1v) is 5.44. The monoisotopic (exact) mass is 377 g/mol. The second-order valence-electron chi connectivity index (χ2n) is 2.86. The van der Waals surface area contributed by atoms with Crippen LogP contribution in [-0.2, 0) is 4.74 Å². The SMILES string of the molecule is COC(=O)c1c(OC(F)(F)F)ncc(OC)c1I. The summed E-state index contributed by atoms with van der Waals surface area (Å²) in [6.07, 6.45) is -3.93. The van der Waals surface area contributed by atoms with Crippen molar-refractivity contribution in [1.82, 2.24) is 4.98 Å². The molecule has 1 rings (SSSR count). The highest BCUT2D eigenvalue weighted by atomic mass is 127. The summed E-state index contributed by atoms with van der Waals surface area (Å²) in [5.74, 6) is -1.73. The molecule has 0 fully saturated rings. The van der Waals surface area contributed by atoms with Crippen LogP contribution < -0.4 is 9.47 Å². The van der Waals surface area contributed by atoms with Crippen LogP contribution in [0.2, 0.25) is 0 Å². The van der Waals surface area contributed by atoms with Crippen LogP contribution in [-0.4, -0.2) is 31.5 Å². The molecule has 5 nitrogen and oxygen atoms in total. The Kier molecular flexibility index (Phi) is 4.59. The molecule has 1 heterocycles. The van der Waals surface area contributed by atoms with Gasteiger partial charge in [0.25, 0.3) is 0 Å². The number of esters is 1. The minimum atomic E-state index is -4.95. The number of hydrogen-bond acceptors (Lipinski definition) is 5. The van der Waals surface area contributed by atoms with Crippen molar-refractivity contribution in [3.63, 3.8) is 0 Å². The lowest BCUT2D eigenvalue weighted by molar-refractivity contribution is -0.276. The Morgan fingerprint density at radius 3 is 2.44 bits per heavy atom. The number of halogens is 4. The van der Waals surface area contributed by atoms with E-state index in [-0.39, 0.29) is 9.32 Å². The molecule has 0 unspecified atom stereocenters. The molecule has 9 heteroatoms. The van der Waals surface area contributed by atoms with E-state index in [1.807, 2.05) is 0 Å². The van der Waals surface area contributed by atoms with E-state index in [0.717, 1.165) is 13.3 Å². The quantitative estimate of drug-likeness (QED) is 0.598. The number of carbonyl (C=O) groups is 1. The predicted molar refractivity (Wildman–Crippen MR) is 61.5 cm³/mol. The van der Waals surface area contributed by atoms with Crippen molar-refractivity contribution in [3.05, 3.63) is 15.3 Å². The Bertz CT molecular complexity index is 464. The number of hydrogen-bond donors (Lipinski definition) is 0. The summed E-state index contributed by atoms with van der Waals surface area (Å²) in [4.78, 5) is 14.8. The van der Waals surface area contributed by atoms with Crippen LogP contribution in [0, 0.1) is 3.57 Å². The number of carbonyl (C=O) groups excluding carboxylic acids is 1. The molecule has 0 spiro atoms. The Balaban J connectivity index is 3.34. The Labute approximate surface area is 113 Å². The van der Waals surface area contributed by atoms with E-state index in [9.17, 15) is 18.0 Å². The van der Waals surface area contributed by atoms with E-state index in [2.05, 4.69) is 14.5 Å². The fraction of sp³-hybridized carbons (Fsp3) is 0.333. The summed E-state index contributed by atoms with van der Waals surface area (Å²) in [5.41, 5.74) is -0.435. The Morgan fingerprint density at radius 1 is 1.39 bits per heavy atom. The van der Waals surface area contributed by atoms with Gasteiger partial charge in [0.15, 0.2) is 5.75 Å². The van der Waals surface area contributed by atoms with E-state index >= 15 is 0 Å². The van der Waals surface area contributed by atoms with Crippen LogP contribution in [0.1, 0.15) is 10.4 Å². The lowest BCUT2D eigenvalue weighted by atomic mass is 10.2. The number of rotatable bonds is 3. The summed E-state index contributed by atoms with van der Waals surface area (Å²) in [5, 5.41) is 0. The average molecular weight is 377 g/mol. The van der Waals surface area contributed by atoms with Gasteiger partial charge in [-0.05, 0) is 22.6 Å². The van der Waals surface area contributed by atoms with Crippen molar-refractivity contribution in [2.45, 2.75) is 6.36 Å². The van der Waals surface area contributed by atoms with Crippen molar-refractivity contribution >= 4 is 28.6 Å². The maximum absolute atomic E-state index is 12.2. The molecule has 0 saturated heterocycles. The molecule has 0 aromatic carbocycles. The Hall–Kier alpha value is -1.26. The standard InChI is InChI=1S/C9H7F3INO4/c1-16-4-3-14-7(18-9(10,11)12)5(6(4)13)8(15)17-2/h3H,1-2H3. The second-order valence-corrected chi connectivity index (χ2v) is 3.94. The maximum atomic E-state index is 12.2. The molecular weight excluding hydrogens is 370 g/mol. The zero-order valence-electron chi connectivity index (χ0n) is 9.17. The van der Waals surface area contributed by atoms with Gasteiger partial charge in [0.2, 0.25) is 5.88 Å². The van der Waals surface area contributed by atoms with Gasteiger partial charge in [-0.3, -0.25) is 0 Å². The summed E-state index contributed by atoms with van der Waals surface area (Å²) in [7, 11) is 2.33. The normalized spacial score (nSPS) is 11.0. The molecule has 0 atom stereocenters. The van der Waals surface area contributed by atoms with Crippen LogP contribution in [0.25, 0.3) is 0 Å². The molecule has 0 aliphatic rings. The van der Waals surface area contributed by atoms with Crippen LogP contribution in [0.4, 0.5) is 13.2 Å². The highest BCUT2D eigenvalue weighted by molar-refractivity contribution is 14.1. The predicted octanol–water partition coefficient (Wildman–Crippen LogP) is 2.38. The van der Waals surface area contributed by atoms with E-state index in [1.165, 1.54) is 7.11 Å². The van der Waals surface area contributed by atoms with Crippen LogP contribution in [0.5, 0.6) is 11.6 Å². The zero-order valence-corrected chi connectivity index (χ0v) is 11.3. The molecule has 0 bridgehead atoms. The molecule has 0 amide bonds. The molecular formula is C9H7F3INO4. The van der Waals surface area contributed by atoms with Crippen LogP contribution >= 0.6 is 22.6 Å². The number of nitrogens with zero attached hydrogens (tertiary/aromatic N) is 1. The minimum Gasteiger partial charge on any atom is -0.494 e. The minimum absolute atomic E-state index is 0.121. The highest BCUT2D eigenvalue weighted by Gasteiger charge is 2.35. The van der Waals surface area contributed by atoms with E-state index in [1.54, 1.807) is 22.6 Å². The van der Waals surface area contributed by atoms with Gasteiger partial charge in [-0.1, -0.05) is 0 Å². The van der Waals surface area contributed by atoms with Crippen LogP contribution in [0.15, 0.2) is 6.20 Å². The van der Waals surface area contributed by atoms with E-state index in [4.69, 9.17) is 4.74 Å². The van der Waals surface area contributed by atoms with Crippen molar-refractivity contribution < 1.29 is 32.2 Å². The first-order valence-electron chi connectivity index (χ1n) is 4.36. The average Bonchev–Trinajstić information content (AvgIpc) is 2.26. The first-order chi connectivity index (χ1) is 8.30. The Morgan fingerprint density at radius 2 is 2.00 bits per heavy atom. The topological polar surface area (TPSA) is 57.7 Å². The van der Waals surface area contributed by atoms with Gasteiger partial charge < -0.3 is 14.2 Å². The van der Waals surface area contributed by atoms with Crippen molar-refractivity contribution in [1.29, 1.82) is 0 Å². The smallest absolute Gasteiger partial charge is 0.494 e. The number of aromatic nitrogens is 1. The molecule has 0 radical (unpaired) electrons.